The van der Waals surface area contributed by atoms with Gasteiger partial charge in [-0.15, -0.1) is 0 Å². The summed E-state index contributed by atoms with van der Waals surface area (Å²) in [6.45, 7) is 5.76. The molecule has 0 spiro atoms. The number of amides is 2. The van der Waals surface area contributed by atoms with E-state index in [4.69, 9.17) is 16.3 Å². The Morgan fingerprint density at radius 1 is 1.18 bits per heavy atom. The SMILES string of the molecule is CCOC(=O)C1=C(CS(=O)(=O)c2ccc(F)c(Cl)c2)NC(=O)N[C@H]1c1ccc(C(C)C)cc1. The summed E-state index contributed by atoms with van der Waals surface area (Å²) < 4.78 is 44.7. The molecular formula is C23H24ClFN2O5S. The summed E-state index contributed by atoms with van der Waals surface area (Å²) in [6, 6.07) is 8.74. The summed E-state index contributed by atoms with van der Waals surface area (Å²) in [5, 5.41) is 4.74. The molecule has 1 aliphatic rings. The normalized spacial score (nSPS) is 16.4. The number of carbonyl (C=O) groups excluding carboxylic acids is 2. The molecule has 1 aliphatic heterocycles. The summed E-state index contributed by atoms with van der Waals surface area (Å²) in [5.74, 6) is -1.95. The number of nitrogens with one attached hydrogen (secondary N) is 2. The average molecular weight is 495 g/mol. The standard InChI is InChI=1S/C23H24ClFN2O5S/c1-4-32-22(28)20-19(12-33(30,31)16-9-10-18(25)17(24)11-16)26-23(29)27-21(20)15-7-5-14(6-8-15)13(2)3/h5-11,13,21H,4,12H2,1-3H3,(H2,26,27,29)/t21-/m0/s1. The second kappa shape index (κ2) is 9.93. The van der Waals surface area contributed by atoms with E-state index in [0.29, 0.717) is 5.56 Å². The first-order chi connectivity index (χ1) is 15.5. The van der Waals surface area contributed by atoms with Crippen LogP contribution in [0.5, 0.6) is 0 Å². The molecule has 2 aromatic rings. The van der Waals surface area contributed by atoms with E-state index in [1.807, 2.05) is 26.0 Å². The van der Waals surface area contributed by atoms with Gasteiger partial charge < -0.3 is 15.4 Å². The van der Waals surface area contributed by atoms with Crippen molar-refractivity contribution in [1.82, 2.24) is 10.6 Å². The molecule has 0 fully saturated rings. The summed E-state index contributed by atoms with van der Waals surface area (Å²) in [6.07, 6.45) is 0. The number of hydrogen-bond donors (Lipinski definition) is 2. The topological polar surface area (TPSA) is 102 Å². The summed E-state index contributed by atoms with van der Waals surface area (Å²) in [5.41, 5.74) is 1.52. The van der Waals surface area contributed by atoms with E-state index < -0.39 is 39.4 Å². The van der Waals surface area contributed by atoms with Gasteiger partial charge in [0.25, 0.3) is 0 Å². The number of urea groups is 1. The first-order valence-corrected chi connectivity index (χ1v) is 12.3. The van der Waals surface area contributed by atoms with Gasteiger partial charge in [0, 0.05) is 5.70 Å². The summed E-state index contributed by atoms with van der Waals surface area (Å²) >= 11 is 5.74. The fraction of sp³-hybridized carbons (Fsp3) is 0.304. The third-order valence-electron chi connectivity index (χ3n) is 5.17. The predicted molar refractivity (Wildman–Crippen MR) is 122 cm³/mol. The van der Waals surface area contributed by atoms with Crippen molar-refractivity contribution in [2.24, 2.45) is 0 Å². The second-order valence-corrected chi connectivity index (χ2v) is 10.2. The Labute approximate surface area is 196 Å². The molecule has 0 bridgehead atoms. The van der Waals surface area contributed by atoms with E-state index in [1.165, 1.54) is 0 Å². The molecule has 0 aromatic heterocycles. The maximum atomic E-state index is 13.5. The minimum atomic E-state index is -4.09. The molecule has 7 nitrogen and oxygen atoms in total. The zero-order chi connectivity index (χ0) is 24.3. The number of ether oxygens (including phenoxy) is 1. The quantitative estimate of drug-likeness (QED) is 0.442. The van der Waals surface area contributed by atoms with Crippen LogP contribution in [0.15, 0.2) is 58.6 Å². The Balaban J connectivity index is 2.09. The van der Waals surface area contributed by atoms with Gasteiger partial charge in [-0.05, 0) is 42.2 Å². The lowest BCUT2D eigenvalue weighted by atomic mass is 9.93. The van der Waals surface area contributed by atoms with E-state index in [2.05, 4.69) is 10.6 Å². The lowest BCUT2D eigenvalue weighted by Gasteiger charge is -2.29. The number of carbonyl (C=O) groups is 2. The van der Waals surface area contributed by atoms with Crippen LogP contribution in [0.25, 0.3) is 0 Å². The Hall–Kier alpha value is -2.91. The zero-order valence-corrected chi connectivity index (χ0v) is 19.9. The molecule has 1 atom stereocenters. The first-order valence-electron chi connectivity index (χ1n) is 10.3. The van der Waals surface area contributed by atoms with Crippen LogP contribution in [0.3, 0.4) is 0 Å². The highest BCUT2D eigenvalue weighted by atomic mass is 35.5. The third-order valence-corrected chi connectivity index (χ3v) is 7.10. The molecule has 0 radical (unpaired) electrons. The second-order valence-electron chi connectivity index (χ2n) is 7.80. The summed E-state index contributed by atoms with van der Waals surface area (Å²) in [4.78, 5) is 25.0. The minimum absolute atomic E-state index is 0.0227. The van der Waals surface area contributed by atoms with Crippen LogP contribution >= 0.6 is 11.6 Å². The van der Waals surface area contributed by atoms with Crippen LogP contribution in [-0.4, -0.2) is 32.8 Å². The van der Waals surface area contributed by atoms with Crippen molar-refractivity contribution >= 4 is 33.4 Å². The molecule has 3 rings (SSSR count). The van der Waals surface area contributed by atoms with Crippen LogP contribution in [0.2, 0.25) is 5.02 Å². The Morgan fingerprint density at radius 3 is 2.42 bits per heavy atom. The fourth-order valence-corrected chi connectivity index (χ4v) is 5.04. The Morgan fingerprint density at radius 2 is 1.85 bits per heavy atom. The number of benzene rings is 2. The number of sulfone groups is 1. The lowest BCUT2D eigenvalue weighted by molar-refractivity contribution is -0.139. The molecule has 2 N–H and O–H groups in total. The van der Waals surface area contributed by atoms with Gasteiger partial charge in [-0.3, -0.25) is 0 Å². The van der Waals surface area contributed by atoms with Crippen molar-refractivity contribution in [3.05, 3.63) is 75.7 Å². The largest absolute Gasteiger partial charge is 0.463 e. The molecule has 0 saturated carbocycles. The molecule has 0 saturated heterocycles. The number of rotatable bonds is 7. The monoisotopic (exact) mass is 494 g/mol. The molecule has 176 valence electrons. The Kier molecular flexibility index (Phi) is 7.44. The van der Waals surface area contributed by atoms with Gasteiger partial charge in [0.05, 0.1) is 33.9 Å². The molecule has 1 heterocycles. The van der Waals surface area contributed by atoms with Crippen molar-refractivity contribution in [3.63, 3.8) is 0 Å². The molecule has 2 amide bonds. The van der Waals surface area contributed by atoms with Crippen molar-refractivity contribution < 1.29 is 27.1 Å². The first kappa shape index (κ1) is 24.7. The van der Waals surface area contributed by atoms with E-state index in [1.54, 1.807) is 19.1 Å². The van der Waals surface area contributed by atoms with Gasteiger partial charge in [-0.25, -0.2) is 22.4 Å². The highest BCUT2D eigenvalue weighted by molar-refractivity contribution is 7.91. The van der Waals surface area contributed by atoms with Gasteiger partial charge in [0.1, 0.15) is 5.82 Å². The van der Waals surface area contributed by atoms with Crippen molar-refractivity contribution in [1.29, 1.82) is 0 Å². The van der Waals surface area contributed by atoms with Crippen molar-refractivity contribution in [2.75, 3.05) is 12.4 Å². The number of halogens is 2. The third kappa shape index (κ3) is 5.54. The van der Waals surface area contributed by atoms with Crippen molar-refractivity contribution in [3.8, 4) is 0 Å². The Bertz CT molecular complexity index is 1210. The van der Waals surface area contributed by atoms with Crippen LogP contribution in [-0.2, 0) is 19.4 Å². The number of hydrogen-bond acceptors (Lipinski definition) is 5. The molecular weight excluding hydrogens is 471 g/mol. The molecule has 0 unspecified atom stereocenters. The van der Waals surface area contributed by atoms with Gasteiger partial charge in [0.15, 0.2) is 9.84 Å². The van der Waals surface area contributed by atoms with Crippen LogP contribution < -0.4 is 10.6 Å². The highest BCUT2D eigenvalue weighted by Gasteiger charge is 2.35. The van der Waals surface area contributed by atoms with E-state index >= 15 is 0 Å². The minimum Gasteiger partial charge on any atom is -0.463 e. The number of esters is 1. The van der Waals surface area contributed by atoms with Gasteiger partial charge >= 0.3 is 12.0 Å². The maximum Gasteiger partial charge on any atom is 0.338 e. The average Bonchev–Trinajstić information content (AvgIpc) is 2.75. The smallest absolute Gasteiger partial charge is 0.338 e. The van der Waals surface area contributed by atoms with Crippen LogP contribution in [0, 0.1) is 5.82 Å². The zero-order valence-electron chi connectivity index (χ0n) is 18.3. The molecule has 2 aromatic carbocycles. The van der Waals surface area contributed by atoms with E-state index in [9.17, 15) is 22.4 Å². The van der Waals surface area contributed by atoms with Gasteiger partial charge in [0.2, 0.25) is 0 Å². The van der Waals surface area contributed by atoms with Gasteiger partial charge in [-0.1, -0.05) is 49.7 Å². The van der Waals surface area contributed by atoms with Crippen LogP contribution in [0.1, 0.15) is 43.9 Å². The maximum absolute atomic E-state index is 13.5. The predicted octanol–water partition coefficient (Wildman–Crippen LogP) is 4.25. The van der Waals surface area contributed by atoms with Gasteiger partial charge in [-0.2, -0.15) is 0 Å². The highest BCUT2D eigenvalue weighted by Crippen LogP contribution is 2.31. The molecule has 33 heavy (non-hydrogen) atoms. The van der Waals surface area contributed by atoms with Crippen LogP contribution in [0.4, 0.5) is 9.18 Å². The fourth-order valence-electron chi connectivity index (χ4n) is 3.45. The summed E-state index contributed by atoms with van der Waals surface area (Å²) in [7, 11) is -4.09. The molecule has 0 aliphatic carbocycles. The molecule has 10 heteroatoms. The van der Waals surface area contributed by atoms with E-state index in [-0.39, 0.29) is 33.7 Å². The lowest BCUT2D eigenvalue weighted by Crippen LogP contribution is -2.47. The van der Waals surface area contributed by atoms with Crippen molar-refractivity contribution in [2.45, 2.75) is 37.6 Å². The van der Waals surface area contributed by atoms with E-state index in [0.717, 1.165) is 23.8 Å².